The van der Waals surface area contributed by atoms with Crippen LogP contribution in [0.4, 0.5) is 5.69 Å². The van der Waals surface area contributed by atoms with Crippen LogP contribution in [0.2, 0.25) is 0 Å². The number of ether oxygens (including phenoxy) is 3. The lowest BCUT2D eigenvalue weighted by Gasteiger charge is -2.11. The summed E-state index contributed by atoms with van der Waals surface area (Å²) in [4.78, 5) is 0. The van der Waals surface area contributed by atoms with E-state index in [-0.39, 0.29) is 0 Å². The molecule has 1 aliphatic heterocycles. The van der Waals surface area contributed by atoms with Gasteiger partial charge in [-0.15, -0.1) is 0 Å². The lowest BCUT2D eigenvalue weighted by atomic mass is 10.2. The molecule has 1 aliphatic rings. The molecule has 2 aromatic rings. The lowest BCUT2D eigenvalue weighted by molar-refractivity contribution is 0.174. The van der Waals surface area contributed by atoms with E-state index >= 15 is 0 Å². The molecule has 4 nitrogen and oxygen atoms in total. The van der Waals surface area contributed by atoms with Crippen LogP contribution in [0.15, 0.2) is 40.9 Å². The maximum Gasteiger partial charge on any atom is 0.231 e. The van der Waals surface area contributed by atoms with Crippen LogP contribution in [0, 0.1) is 0 Å². The summed E-state index contributed by atoms with van der Waals surface area (Å²) in [5.74, 6) is 2.47. The van der Waals surface area contributed by atoms with E-state index < -0.39 is 0 Å². The molecule has 0 unspecified atom stereocenters. The fourth-order valence-corrected chi connectivity index (χ4v) is 2.73. The summed E-state index contributed by atoms with van der Waals surface area (Å²) in [6.45, 7) is 3.85. The van der Waals surface area contributed by atoms with Gasteiger partial charge in [0.2, 0.25) is 6.79 Å². The molecule has 0 radical (unpaired) electrons. The first-order valence-corrected chi connectivity index (χ1v) is 8.10. The predicted molar refractivity (Wildman–Crippen MR) is 89.8 cm³/mol. The van der Waals surface area contributed by atoms with Gasteiger partial charge >= 0.3 is 0 Å². The minimum absolute atomic E-state index is 0.297. The molecule has 0 spiro atoms. The van der Waals surface area contributed by atoms with Gasteiger partial charge in [0.05, 0.1) is 11.1 Å². The average molecular weight is 364 g/mol. The highest BCUT2D eigenvalue weighted by molar-refractivity contribution is 9.10. The molecular formula is C17H18BrNO3. The van der Waals surface area contributed by atoms with Gasteiger partial charge in [0.25, 0.3) is 0 Å². The highest BCUT2D eigenvalue weighted by Gasteiger charge is 2.13. The highest BCUT2D eigenvalue weighted by Crippen LogP contribution is 2.34. The van der Waals surface area contributed by atoms with Crippen LogP contribution in [-0.2, 0) is 6.54 Å². The van der Waals surface area contributed by atoms with Crippen molar-refractivity contribution in [2.45, 2.75) is 19.9 Å². The molecule has 0 saturated carbocycles. The molecule has 0 atom stereocenters. The molecule has 2 aromatic carbocycles. The van der Waals surface area contributed by atoms with Crippen LogP contribution in [0.5, 0.6) is 17.2 Å². The Hall–Kier alpha value is -1.88. The smallest absolute Gasteiger partial charge is 0.231 e. The molecule has 0 amide bonds. The van der Waals surface area contributed by atoms with E-state index in [0.717, 1.165) is 47.0 Å². The number of halogens is 1. The van der Waals surface area contributed by atoms with E-state index in [0.29, 0.717) is 6.79 Å². The Balaban J connectivity index is 1.62. The van der Waals surface area contributed by atoms with Gasteiger partial charge in [-0.05, 0) is 52.2 Å². The Morgan fingerprint density at radius 2 is 2.00 bits per heavy atom. The van der Waals surface area contributed by atoms with Crippen molar-refractivity contribution >= 4 is 21.6 Å². The van der Waals surface area contributed by atoms with Gasteiger partial charge in [0.1, 0.15) is 5.75 Å². The van der Waals surface area contributed by atoms with Gasteiger partial charge in [-0.1, -0.05) is 13.0 Å². The number of rotatable bonds is 6. The second-order valence-corrected chi connectivity index (χ2v) is 5.89. The fraction of sp³-hybridized carbons (Fsp3) is 0.294. The van der Waals surface area contributed by atoms with Crippen LogP contribution < -0.4 is 19.5 Å². The van der Waals surface area contributed by atoms with E-state index in [1.165, 1.54) is 5.56 Å². The van der Waals surface area contributed by atoms with Gasteiger partial charge in [-0.25, -0.2) is 0 Å². The number of hydrogen-bond acceptors (Lipinski definition) is 4. The Bertz CT molecular complexity index is 660. The topological polar surface area (TPSA) is 39.7 Å². The van der Waals surface area contributed by atoms with Crippen LogP contribution in [0.1, 0.15) is 18.9 Å². The van der Waals surface area contributed by atoms with Crippen molar-refractivity contribution < 1.29 is 14.2 Å². The largest absolute Gasteiger partial charge is 0.492 e. The normalized spacial score (nSPS) is 12.3. The summed E-state index contributed by atoms with van der Waals surface area (Å²) in [5.41, 5.74) is 2.18. The Morgan fingerprint density at radius 3 is 2.82 bits per heavy atom. The minimum atomic E-state index is 0.297. The predicted octanol–water partition coefficient (Wildman–Crippen LogP) is 4.58. The SMILES string of the molecule is CCCOc1ccc(CNc2ccc3c(c2)OCO3)cc1Br. The van der Waals surface area contributed by atoms with Gasteiger partial charge in [-0.2, -0.15) is 0 Å². The van der Waals surface area contributed by atoms with Crippen LogP contribution in [0.3, 0.4) is 0 Å². The third-order valence-corrected chi connectivity index (χ3v) is 3.95. The van der Waals surface area contributed by atoms with Crippen molar-refractivity contribution in [1.29, 1.82) is 0 Å². The number of nitrogens with one attached hydrogen (secondary N) is 1. The minimum Gasteiger partial charge on any atom is -0.492 e. The number of hydrogen-bond donors (Lipinski definition) is 1. The van der Waals surface area contributed by atoms with Crippen molar-refractivity contribution in [3.05, 3.63) is 46.4 Å². The van der Waals surface area contributed by atoms with E-state index in [4.69, 9.17) is 14.2 Å². The summed E-state index contributed by atoms with van der Waals surface area (Å²) < 4.78 is 17.3. The van der Waals surface area contributed by atoms with Crippen LogP contribution in [0.25, 0.3) is 0 Å². The maximum absolute atomic E-state index is 5.66. The van der Waals surface area contributed by atoms with Crippen molar-refractivity contribution in [2.75, 3.05) is 18.7 Å². The Kier molecular flexibility index (Phi) is 4.73. The molecule has 116 valence electrons. The van der Waals surface area contributed by atoms with Crippen molar-refractivity contribution in [3.8, 4) is 17.2 Å². The first-order valence-electron chi connectivity index (χ1n) is 7.31. The zero-order valence-electron chi connectivity index (χ0n) is 12.4. The number of benzene rings is 2. The number of fused-ring (bicyclic) bond motifs is 1. The van der Waals surface area contributed by atoms with Crippen molar-refractivity contribution in [1.82, 2.24) is 0 Å². The molecule has 5 heteroatoms. The summed E-state index contributed by atoms with van der Waals surface area (Å²) in [7, 11) is 0. The zero-order valence-corrected chi connectivity index (χ0v) is 14.0. The molecule has 0 aromatic heterocycles. The Morgan fingerprint density at radius 1 is 1.14 bits per heavy atom. The monoisotopic (exact) mass is 363 g/mol. The molecule has 0 saturated heterocycles. The second-order valence-electron chi connectivity index (χ2n) is 5.03. The summed E-state index contributed by atoms with van der Waals surface area (Å²) in [6, 6.07) is 12.0. The quantitative estimate of drug-likeness (QED) is 0.815. The average Bonchev–Trinajstić information content (AvgIpc) is 2.99. The fourth-order valence-electron chi connectivity index (χ4n) is 2.19. The van der Waals surface area contributed by atoms with Crippen LogP contribution >= 0.6 is 15.9 Å². The molecule has 1 N–H and O–H groups in total. The van der Waals surface area contributed by atoms with Crippen molar-refractivity contribution in [3.63, 3.8) is 0 Å². The summed E-state index contributed by atoms with van der Waals surface area (Å²) in [5, 5.41) is 3.38. The molecule has 0 fully saturated rings. The molecule has 0 bridgehead atoms. The van der Waals surface area contributed by atoms with E-state index in [1.807, 2.05) is 24.3 Å². The molecule has 1 heterocycles. The first kappa shape index (κ1) is 15.0. The maximum atomic E-state index is 5.66. The lowest BCUT2D eigenvalue weighted by Crippen LogP contribution is -2.01. The van der Waals surface area contributed by atoms with E-state index in [9.17, 15) is 0 Å². The summed E-state index contributed by atoms with van der Waals surface area (Å²) in [6.07, 6.45) is 1.000. The first-order chi connectivity index (χ1) is 10.8. The Labute approximate surface area is 138 Å². The molecule has 22 heavy (non-hydrogen) atoms. The van der Waals surface area contributed by atoms with E-state index in [1.54, 1.807) is 0 Å². The highest BCUT2D eigenvalue weighted by atomic mass is 79.9. The van der Waals surface area contributed by atoms with Gasteiger partial charge in [-0.3, -0.25) is 0 Å². The third-order valence-electron chi connectivity index (χ3n) is 3.33. The summed E-state index contributed by atoms with van der Waals surface area (Å²) >= 11 is 3.55. The third kappa shape index (κ3) is 3.47. The van der Waals surface area contributed by atoms with Crippen molar-refractivity contribution in [2.24, 2.45) is 0 Å². The van der Waals surface area contributed by atoms with Gasteiger partial charge < -0.3 is 19.5 Å². The van der Waals surface area contributed by atoms with E-state index in [2.05, 4.69) is 40.3 Å². The van der Waals surface area contributed by atoms with Gasteiger partial charge in [0, 0.05) is 18.3 Å². The van der Waals surface area contributed by atoms with Crippen LogP contribution in [-0.4, -0.2) is 13.4 Å². The second kappa shape index (κ2) is 6.92. The zero-order chi connectivity index (χ0) is 15.4. The molecule has 3 rings (SSSR count). The standard InChI is InChI=1S/C17H18BrNO3/c1-2-7-20-15-5-3-12(8-14(15)18)10-19-13-4-6-16-17(9-13)22-11-21-16/h3-6,8-9,19H,2,7,10-11H2,1H3. The number of anilines is 1. The molecular weight excluding hydrogens is 346 g/mol. The molecule has 0 aliphatic carbocycles. The van der Waals surface area contributed by atoms with Gasteiger partial charge in [0.15, 0.2) is 11.5 Å².